The van der Waals surface area contributed by atoms with Crippen molar-refractivity contribution in [2.75, 3.05) is 11.9 Å². The van der Waals surface area contributed by atoms with Crippen LogP contribution in [0.5, 0.6) is 5.75 Å². The molecule has 6 heteroatoms. The fraction of sp³-hybridized carbons (Fsp3) is 0.188. The molecule has 0 unspecified atom stereocenters. The Labute approximate surface area is 141 Å². The number of amides is 1. The van der Waals surface area contributed by atoms with Crippen molar-refractivity contribution in [1.29, 1.82) is 0 Å². The predicted octanol–water partition coefficient (Wildman–Crippen LogP) is 4.88. The van der Waals surface area contributed by atoms with Gasteiger partial charge in [0.1, 0.15) is 11.6 Å². The number of benzene rings is 2. The van der Waals surface area contributed by atoms with E-state index in [0.29, 0.717) is 11.4 Å². The summed E-state index contributed by atoms with van der Waals surface area (Å²) in [5.74, 6) is -0.197. The van der Waals surface area contributed by atoms with Gasteiger partial charge in [-0.05, 0) is 55.3 Å². The Morgan fingerprint density at radius 1 is 1.27 bits per heavy atom. The average molecular weight is 387 g/mol. The number of ether oxygens (including phenoxy) is 1. The van der Waals surface area contributed by atoms with Crippen molar-refractivity contribution in [3.05, 3.63) is 56.8 Å². The normalized spacial score (nSPS) is 10.4. The second-order valence-electron chi connectivity index (χ2n) is 4.83. The van der Waals surface area contributed by atoms with Gasteiger partial charge in [0.05, 0.1) is 5.02 Å². The molecule has 0 spiro atoms. The predicted molar refractivity (Wildman–Crippen MR) is 89.2 cm³/mol. The smallest absolute Gasteiger partial charge is 0.262 e. The van der Waals surface area contributed by atoms with Gasteiger partial charge in [-0.2, -0.15) is 0 Å². The highest BCUT2D eigenvalue weighted by Crippen LogP contribution is 2.27. The minimum absolute atomic E-state index is 0.0432. The maximum Gasteiger partial charge on any atom is 0.262 e. The number of nitrogens with one attached hydrogen (secondary N) is 1. The number of carbonyl (C=O) groups excluding carboxylic acids is 1. The Morgan fingerprint density at radius 3 is 2.50 bits per heavy atom. The Morgan fingerprint density at radius 2 is 1.91 bits per heavy atom. The Hall–Kier alpha value is -1.59. The molecule has 0 radical (unpaired) electrons. The summed E-state index contributed by atoms with van der Waals surface area (Å²) >= 11 is 9.07. The molecule has 2 rings (SSSR count). The van der Waals surface area contributed by atoms with Crippen molar-refractivity contribution in [3.63, 3.8) is 0 Å². The molecule has 1 N–H and O–H groups in total. The zero-order valence-electron chi connectivity index (χ0n) is 12.0. The molecule has 0 aliphatic carbocycles. The standard InChI is InChI=1S/C16H14BrClFNO2/c1-9-5-11(17)6-10(2)16(9)22-8-15(21)20-12-3-4-14(19)13(18)7-12/h3-7H,8H2,1-2H3,(H,20,21). The van der Waals surface area contributed by atoms with E-state index in [9.17, 15) is 9.18 Å². The van der Waals surface area contributed by atoms with Crippen LogP contribution in [0.4, 0.5) is 10.1 Å². The first kappa shape index (κ1) is 16.8. The summed E-state index contributed by atoms with van der Waals surface area (Å²) < 4.78 is 19.6. The minimum atomic E-state index is -0.531. The van der Waals surface area contributed by atoms with Crippen molar-refractivity contribution in [2.24, 2.45) is 0 Å². The van der Waals surface area contributed by atoms with Crippen LogP contribution < -0.4 is 10.1 Å². The summed E-state index contributed by atoms with van der Waals surface area (Å²) in [6.07, 6.45) is 0. The van der Waals surface area contributed by atoms with Crippen LogP contribution in [-0.2, 0) is 4.79 Å². The maximum atomic E-state index is 13.1. The van der Waals surface area contributed by atoms with Crippen molar-refractivity contribution in [3.8, 4) is 5.75 Å². The van der Waals surface area contributed by atoms with E-state index in [-0.39, 0.29) is 17.5 Å². The molecule has 0 aliphatic heterocycles. The number of halogens is 3. The third kappa shape index (κ3) is 4.21. The number of hydrogen-bond acceptors (Lipinski definition) is 2. The van der Waals surface area contributed by atoms with Gasteiger partial charge in [0, 0.05) is 10.2 Å². The van der Waals surface area contributed by atoms with Gasteiger partial charge < -0.3 is 10.1 Å². The topological polar surface area (TPSA) is 38.3 Å². The van der Waals surface area contributed by atoms with Crippen molar-refractivity contribution < 1.29 is 13.9 Å². The first-order valence-corrected chi connectivity index (χ1v) is 7.68. The molecular weight excluding hydrogens is 373 g/mol. The molecule has 3 nitrogen and oxygen atoms in total. The van der Waals surface area contributed by atoms with Crippen LogP contribution in [0, 0.1) is 19.7 Å². The van der Waals surface area contributed by atoms with Gasteiger partial charge >= 0.3 is 0 Å². The lowest BCUT2D eigenvalue weighted by Gasteiger charge is -2.13. The third-order valence-corrected chi connectivity index (χ3v) is 3.72. The Kier molecular flexibility index (Phi) is 5.42. The molecule has 0 fully saturated rings. The Balaban J connectivity index is 2.00. The van der Waals surface area contributed by atoms with Crippen molar-refractivity contribution in [1.82, 2.24) is 0 Å². The van der Waals surface area contributed by atoms with E-state index in [1.807, 2.05) is 26.0 Å². The van der Waals surface area contributed by atoms with Gasteiger partial charge in [0.15, 0.2) is 6.61 Å². The summed E-state index contributed by atoms with van der Waals surface area (Å²) in [6, 6.07) is 7.82. The molecule has 116 valence electrons. The fourth-order valence-corrected chi connectivity index (χ4v) is 2.90. The van der Waals surface area contributed by atoms with Crippen LogP contribution in [0.3, 0.4) is 0 Å². The average Bonchev–Trinajstić information content (AvgIpc) is 2.41. The number of anilines is 1. The van der Waals surface area contributed by atoms with E-state index in [1.54, 1.807) is 0 Å². The van der Waals surface area contributed by atoms with Crippen LogP contribution >= 0.6 is 27.5 Å². The lowest BCUT2D eigenvalue weighted by molar-refractivity contribution is -0.118. The van der Waals surface area contributed by atoms with Crippen molar-refractivity contribution >= 4 is 39.1 Å². The SMILES string of the molecule is Cc1cc(Br)cc(C)c1OCC(=O)Nc1ccc(F)c(Cl)c1. The molecule has 1 amide bonds. The third-order valence-electron chi connectivity index (χ3n) is 2.98. The second kappa shape index (κ2) is 7.11. The zero-order valence-corrected chi connectivity index (χ0v) is 14.4. The molecule has 22 heavy (non-hydrogen) atoms. The molecule has 0 heterocycles. The molecular formula is C16H14BrClFNO2. The van der Waals surface area contributed by atoms with Crippen LogP contribution in [-0.4, -0.2) is 12.5 Å². The van der Waals surface area contributed by atoms with Gasteiger partial charge in [-0.25, -0.2) is 4.39 Å². The molecule has 2 aromatic carbocycles. The van der Waals surface area contributed by atoms with Gasteiger partial charge in [-0.3, -0.25) is 4.79 Å². The lowest BCUT2D eigenvalue weighted by Crippen LogP contribution is -2.20. The second-order valence-corrected chi connectivity index (χ2v) is 6.16. The summed E-state index contributed by atoms with van der Waals surface area (Å²) in [6.45, 7) is 3.67. The van der Waals surface area contributed by atoms with Crippen molar-refractivity contribution in [2.45, 2.75) is 13.8 Å². The summed E-state index contributed by atoms with van der Waals surface area (Å²) in [5.41, 5.74) is 2.29. The van der Waals surface area contributed by atoms with E-state index >= 15 is 0 Å². The molecule has 0 saturated heterocycles. The number of rotatable bonds is 4. The molecule has 0 saturated carbocycles. The van der Waals surface area contributed by atoms with Crippen LogP contribution in [0.1, 0.15) is 11.1 Å². The highest BCUT2D eigenvalue weighted by Gasteiger charge is 2.10. The van der Waals surface area contributed by atoms with Gasteiger partial charge in [-0.15, -0.1) is 0 Å². The number of carbonyl (C=O) groups is 1. The van der Waals surface area contributed by atoms with E-state index < -0.39 is 5.82 Å². The van der Waals surface area contributed by atoms with E-state index in [2.05, 4.69) is 21.2 Å². The van der Waals surface area contributed by atoms with Crippen LogP contribution in [0.15, 0.2) is 34.8 Å². The van der Waals surface area contributed by atoms with E-state index in [0.717, 1.165) is 15.6 Å². The molecule has 0 bridgehead atoms. The fourth-order valence-electron chi connectivity index (χ4n) is 2.03. The van der Waals surface area contributed by atoms with Crippen LogP contribution in [0.25, 0.3) is 0 Å². The summed E-state index contributed by atoms with van der Waals surface area (Å²) in [4.78, 5) is 11.9. The summed E-state index contributed by atoms with van der Waals surface area (Å²) in [7, 11) is 0. The van der Waals surface area contributed by atoms with Crippen LogP contribution in [0.2, 0.25) is 5.02 Å². The lowest BCUT2D eigenvalue weighted by atomic mass is 10.1. The van der Waals surface area contributed by atoms with E-state index in [1.165, 1.54) is 18.2 Å². The molecule has 0 atom stereocenters. The zero-order chi connectivity index (χ0) is 16.3. The van der Waals surface area contributed by atoms with Gasteiger partial charge in [0.25, 0.3) is 5.91 Å². The first-order chi connectivity index (χ1) is 10.4. The summed E-state index contributed by atoms with van der Waals surface area (Å²) in [5, 5.41) is 2.56. The largest absolute Gasteiger partial charge is 0.483 e. The number of hydrogen-bond donors (Lipinski definition) is 1. The monoisotopic (exact) mass is 385 g/mol. The maximum absolute atomic E-state index is 13.1. The molecule has 2 aromatic rings. The van der Waals surface area contributed by atoms with Gasteiger partial charge in [-0.1, -0.05) is 27.5 Å². The Bertz CT molecular complexity index is 698. The molecule has 0 aliphatic rings. The highest BCUT2D eigenvalue weighted by molar-refractivity contribution is 9.10. The minimum Gasteiger partial charge on any atom is -0.483 e. The highest BCUT2D eigenvalue weighted by atomic mass is 79.9. The quantitative estimate of drug-likeness (QED) is 0.813. The van der Waals surface area contributed by atoms with E-state index in [4.69, 9.17) is 16.3 Å². The van der Waals surface area contributed by atoms with Gasteiger partial charge in [0.2, 0.25) is 0 Å². The molecule has 0 aromatic heterocycles. The number of aryl methyl sites for hydroxylation is 2. The first-order valence-electron chi connectivity index (χ1n) is 6.51.